The molecule has 1 aliphatic rings. The zero-order chi connectivity index (χ0) is 14.2. The molecule has 1 fully saturated rings. The van der Waals surface area contributed by atoms with Crippen LogP contribution in [0.25, 0.3) is 0 Å². The number of nitrogens with one attached hydrogen (secondary N) is 2. The molecule has 0 spiro atoms. The second kappa shape index (κ2) is 7.87. The maximum atomic E-state index is 11.9. The third kappa shape index (κ3) is 4.83. The molecule has 110 valence electrons. The van der Waals surface area contributed by atoms with Crippen molar-refractivity contribution >= 4 is 11.6 Å². The molecule has 1 aromatic carbocycles. The molecule has 0 aliphatic carbocycles. The molecule has 1 amide bonds. The molecule has 2 rings (SSSR count). The van der Waals surface area contributed by atoms with Gasteiger partial charge in [-0.1, -0.05) is 12.1 Å². The zero-order valence-electron chi connectivity index (χ0n) is 11.9. The molecule has 0 bridgehead atoms. The predicted octanol–water partition coefficient (Wildman–Crippen LogP) is 1.54. The molecule has 5 nitrogen and oxygen atoms in total. The van der Waals surface area contributed by atoms with Crippen LogP contribution in [-0.4, -0.2) is 38.8 Å². The summed E-state index contributed by atoms with van der Waals surface area (Å²) in [5.41, 5.74) is 2.02. The molecule has 5 heteroatoms. The highest BCUT2D eigenvalue weighted by Gasteiger charge is 2.15. The largest absolute Gasteiger partial charge is 0.381 e. The average Bonchev–Trinajstić information content (AvgIpc) is 2.47. The van der Waals surface area contributed by atoms with Crippen LogP contribution in [0.4, 0.5) is 5.69 Å². The number of anilines is 1. The smallest absolute Gasteiger partial charge is 0.239 e. The number of carbonyl (C=O) groups excluding carboxylic acids is 1. The minimum absolute atomic E-state index is 0.0223. The van der Waals surface area contributed by atoms with Crippen LogP contribution in [0.15, 0.2) is 24.3 Å². The Kier molecular flexibility index (Phi) is 5.83. The molecule has 20 heavy (non-hydrogen) atoms. The SMILES string of the molecule is COCc1cccc(NCC(=O)NC2CCOCC2)c1. The van der Waals surface area contributed by atoms with Gasteiger partial charge in [0, 0.05) is 32.1 Å². The van der Waals surface area contributed by atoms with Crippen molar-refractivity contribution in [1.82, 2.24) is 5.32 Å². The summed E-state index contributed by atoms with van der Waals surface area (Å²) in [6.45, 7) is 2.33. The molecule has 0 saturated carbocycles. The van der Waals surface area contributed by atoms with Crippen LogP contribution in [0.1, 0.15) is 18.4 Å². The molecule has 1 saturated heterocycles. The lowest BCUT2D eigenvalue weighted by Gasteiger charge is -2.23. The van der Waals surface area contributed by atoms with E-state index in [1.165, 1.54) is 0 Å². The van der Waals surface area contributed by atoms with Crippen molar-refractivity contribution in [3.63, 3.8) is 0 Å². The Labute approximate surface area is 119 Å². The summed E-state index contributed by atoms with van der Waals surface area (Å²) < 4.78 is 10.4. The molecule has 1 aliphatic heterocycles. The Morgan fingerprint density at radius 2 is 2.20 bits per heavy atom. The van der Waals surface area contributed by atoms with E-state index in [9.17, 15) is 4.79 Å². The van der Waals surface area contributed by atoms with Gasteiger partial charge in [0.2, 0.25) is 5.91 Å². The van der Waals surface area contributed by atoms with Crippen molar-refractivity contribution in [3.05, 3.63) is 29.8 Å². The Morgan fingerprint density at radius 3 is 2.95 bits per heavy atom. The van der Waals surface area contributed by atoms with Gasteiger partial charge in [-0.25, -0.2) is 0 Å². The van der Waals surface area contributed by atoms with Gasteiger partial charge < -0.3 is 20.1 Å². The molecular weight excluding hydrogens is 256 g/mol. The van der Waals surface area contributed by atoms with Gasteiger partial charge in [-0.2, -0.15) is 0 Å². The standard InChI is InChI=1S/C15H22N2O3/c1-19-11-12-3-2-4-14(9-12)16-10-15(18)17-13-5-7-20-8-6-13/h2-4,9,13,16H,5-8,10-11H2,1H3,(H,17,18). The van der Waals surface area contributed by atoms with E-state index >= 15 is 0 Å². The highest BCUT2D eigenvalue weighted by Crippen LogP contribution is 2.11. The molecular formula is C15H22N2O3. The van der Waals surface area contributed by atoms with Crippen molar-refractivity contribution in [2.75, 3.05) is 32.2 Å². The third-order valence-corrected chi connectivity index (χ3v) is 3.28. The Balaban J connectivity index is 1.76. The number of hydrogen-bond donors (Lipinski definition) is 2. The fourth-order valence-electron chi connectivity index (χ4n) is 2.24. The van der Waals surface area contributed by atoms with Gasteiger partial charge in [-0.15, -0.1) is 0 Å². The molecule has 0 atom stereocenters. The van der Waals surface area contributed by atoms with Gasteiger partial charge in [0.25, 0.3) is 0 Å². The maximum Gasteiger partial charge on any atom is 0.239 e. The quantitative estimate of drug-likeness (QED) is 0.828. The number of rotatable bonds is 6. The number of amides is 1. The summed E-state index contributed by atoms with van der Waals surface area (Å²) in [6, 6.07) is 8.13. The van der Waals surface area contributed by atoms with Crippen molar-refractivity contribution in [2.45, 2.75) is 25.5 Å². The number of carbonyl (C=O) groups is 1. The Bertz CT molecular complexity index is 431. The van der Waals surface area contributed by atoms with Gasteiger partial charge in [-0.05, 0) is 30.5 Å². The molecule has 0 aromatic heterocycles. The summed E-state index contributed by atoms with van der Waals surface area (Å²) in [4.78, 5) is 11.9. The fraction of sp³-hybridized carbons (Fsp3) is 0.533. The first-order valence-electron chi connectivity index (χ1n) is 6.97. The van der Waals surface area contributed by atoms with E-state index in [1.54, 1.807) is 7.11 Å². The van der Waals surface area contributed by atoms with Gasteiger partial charge in [-0.3, -0.25) is 4.79 Å². The Morgan fingerprint density at radius 1 is 1.40 bits per heavy atom. The third-order valence-electron chi connectivity index (χ3n) is 3.28. The van der Waals surface area contributed by atoms with E-state index in [-0.39, 0.29) is 18.5 Å². The van der Waals surface area contributed by atoms with Crippen LogP contribution in [0, 0.1) is 0 Å². The lowest BCUT2D eigenvalue weighted by atomic mass is 10.1. The highest BCUT2D eigenvalue weighted by molar-refractivity contribution is 5.81. The maximum absolute atomic E-state index is 11.9. The zero-order valence-corrected chi connectivity index (χ0v) is 11.9. The second-order valence-corrected chi connectivity index (χ2v) is 4.94. The van der Waals surface area contributed by atoms with Crippen LogP contribution >= 0.6 is 0 Å². The van der Waals surface area contributed by atoms with E-state index < -0.39 is 0 Å². The summed E-state index contributed by atoms with van der Waals surface area (Å²) >= 11 is 0. The predicted molar refractivity (Wildman–Crippen MR) is 77.6 cm³/mol. The molecule has 1 aromatic rings. The first-order valence-corrected chi connectivity index (χ1v) is 6.97. The fourth-order valence-corrected chi connectivity index (χ4v) is 2.24. The second-order valence-electron chi connectivity index (χ2n) is 4.94. The van der Waals surface area contributed by atoms with E-state index in [1.807, 2.05) is 24.3 Å². The van der Waals surface area contributed by atoms with Crippen molar-refractivity contribution in [3.8, 4) is 0 Å². The lowest BCUT2D eigenvalue weighted by Crippen LogP contribution is -2.41. The van der Waals surface area contributed by atoms with Crippen LogP contribution in [0.3, 0.4) is 0 Å². The summed E-state index contributed by atoms with van der Waals surface area (Å²) in [7, 11) is 1.67. The first kappa shape index (κ1) is 14.8. The minimum Gasteiger partial charge on any atom is -0.381 e. The van der Waals surface area contributed by atoms with Gasteiger partial charge in [0.1, 0.15) is 0 Å². The highest BCUT2D eigenvalue weighted by atomic mass is 16.5. The molecule has 0 radical (unpaired) electrons. The topological polar surface area (TPSA) is 59.6 Å². The van der Waals surface area contributed by atoms with Gasteiger partial charge >= 0.3 is 0 Å². The van der Waals surface area contributed by atoms with E-state index in [0.717, 1.165) is 37.3 Å². The van der Waals surface area contributed by atoms with Crippen LogP contribution < -0.4 is 10.6 Å². The van der Waals surface area contributed by atoms with E-state index in [2.05, 4.69) is 10.6 Å². The van der Waals surface area contributed by atoms with Crippen LogP contribution in [0.2, 0.25) is 0 Å². The lowest BCUT2D eigenvalue weighted by molar-refractivity contribution is -0.120. The monoisotopic (exact) mass is 278 g/mol. The minimum atomic E-state index is 0.0223. The summed E-state index contributed by atoms with van der Waals surface area (Å²) in [5, 5.41) is 6.16. The summed E-state index contributed by atoms with van der Waals surface area (Å²) in [5.74, 6) is 0.0223. The van der Waals surface area contributed by atoms with Crippen LogP contribution in [0.5, 0.6) is 0 Å². The number of methoxy groups -OCH3 is 1. The van der Waals surface area contributed by atoms with Gasteiger partial charge in [0.15, 0.2) is 0 Å². The average molecular weight is 278 g/mol. The Hall–Kier alpha value is -1.59. The van der Waals surface area contributed by atoms with Crippen LogP contribution in [-0.2, 0) is 20.9 Å². The van der Waals surface area contributed by atoms with Gasteiger partial charge in [0.05, 0.1) is 13.2 Å². The number of ether oxygens (including phenoxy) is 2. The molecule has 1 heterocycles. The molecule has 2 N–H and O–H groups in total. The normalized spacial score (nSPS) is 15.8. The number of hydrogen-bond acceptors (Lipinski definition) is 4. The van der Waals surface area contributed by atoms with Crippen molar-refractivity contribution in [2.24, 2.45) is 0 Å². The van der Waals surface area contributed by atoms with E-state index in [0.29, 0.717) is 6.61 Å². The molecule has 0 unspecified atom stereocenters. The number of benzene rings is 1. The van der Waals surface area contributed by atoms with Crippen molar-refractivity contribution in [1.29, 1.82) is 0 Å². The van der Waals surface area contributed by atoms with E-state index in [4.69, 9.17) is 9.47 Å². The summed E-state index contributed by atoms with van der Waals surface area (Å²) in [6.07, 6.45) is 1.80. The first-order chi connectivity index (χ1) is 9.78. The van der Waals surface area contributed by atoms with Crippen molar-refractivity contribution < 1.29 is 14.3 Å².